The third-order valence-electron chi connectivity index (χ3n) is 4.70. The summed E-state index contributed by atoms with van der Waals surface area (Å²) in [6.07, 6.45) is -4.00. The first kappa shape index (κ1) is 20.7. The molecule has 3 rings (SSSR count). The number of nitrogens with two attached hydrogens (primary N) is 1. The minimum absolute atomic E-state index is 0.311. The van der Waals surface area contributed by atoms with Crippen LogP contribution >= 0.6 is 0 Å². The van der Waals surface area contributed by atoms with E-state index in [1.807, 2.05) is 49.3 Å². The van der Waals surface area contributed by atoms with E-state index in [9.17, 15) is 18.0 Å². The summed E-state index contributed by atoms with van der Waals surface area (Å²) < 4.78 is 39.7. The molecule has 0 atom stereocenters. The Balaban J connectivity index is 2.24. The number of carbonyl (C=O) groups excluding carboxylic acids is 1. The summed E-state index contributed by atoms with van der Waals surface area (Å²) in [5.41, 5.74) is 7.97. The summed E-state index contributed by atoms with van der Waals surface area (Å²) in [4.78, 5) is 17.5. The summed E-state index contributed by atoms with van der Waals surface area (Å²) in [5.74, 6) is -0.618. The van der Waals surface area contributed by atoms with Gasteiger partial charge in [0, 0.05) is 12.2 Å². The van der Waals surface area contributed by atoms with Gasteiger partial charge in [0.1, 0.15) is 0 Å². The summed E-state index contributed by atoms with van der Waals surface area (Å²) in [6, 6.07) is 14.2. The SMILES string of the molecule is CN(C)CCc1c(-c2cccc(C(F)(F)F)c2)[nH]c(-c2ccccc2)c1C(N)=O. The third kappa shape index (κ3) is 4.51. The van der Waals surface area contributed by atoms with Gasteiger partial charge in [-0.15, -0.1) is 0 Å². The van der Waals surface area contributed by atoms with Gasteiger partial charge in [-0.3, -0.25) is 4.79 Å². The second-order valence-corrected chi connectivity index (χ2v) is 7.09. The van der Waals surface area contributed by atoms with E-state index in [2.05, 4.69) is 4.98 Å². The highest BCUT2D eigenvalue weighted by atomic mass is 19.4. The Labute approximate surface area is 167 Å². The summed E-state index contributed by atoms with van der Waals surface area (Å²) >= 11 is 0. The lowest BCUT2D eigenvalue weighted by Gasteiger charge is -2.12. The largest absolute Gasteiger partial charge is 0.416 e. The number of likely N-dealkylation sites (N-methyl/N-ethyl adjacent to an activating group) is 1. The molecule has 2 aromatic carbocycles. The average Bonchev–Trinajstić information content (AvgIpc) is 3.06. The minimum atomic E-state index is -4.46. The minimum Gasteiger partial charge on any atom is -0.366 e. The van der Waals surface area contributed by atoms with Crippen molar-refractivity contribution in [2.75, 3.05) is 20.6 Å². The third-order valence-corrected chi connectivity index (χ3v) is 4.70. The molecule has 1 heterocycles. The number of primary amides is 1. The monoisotopic (exact) mass is 401 g/mol. The van der Waals surface area contributed by atoms with Gasteiger partial charge in [-0.25, -0.2) is 0 Å². The molecule has 0 aliphatic carbocycles. The van der Waals surface area contributed by atoms with E-state index in [4.69, 9.17) is 5.73 Å². The normalized spacial score (nSPS) is 11.8. The van der Waals surface area contributed by atoms with Gasteiger partial charge in [0.25, 0.3) is 5.91 Å². The molecule has 152 valence electrons. The van der Waals surface area contributed by atoms with Crippen LogP contribution in [-0.2, 0) is 12.6 Å². The van der Waals surface area contributed by atoms with Crippen LogP contribution in [0, 0.1) is 0 Å². The van der Waals surface area contributed by atoms with Crippen LogP contribution in [0.15, 0.2) is 54.6 Å². The zero-order valence-electron chi connectivity index (χ0n) is 16.2. The average molecular weight is 401 g/mol. The molecule has 3 N–H and O–H groups in total. The number of hydrogen-bond acceptors (Lipinski definition) is 2. The molecular formula is C22H22F3N3O. The van der Waals surface area contributed by atoms with Crippen LogP contribution < -0.4 is 5.73 Å². The lowest BCUT2D eigenvalue weighted by atomic mass is 9.97. The van der Waals surface area contributed by atoms with E-state index < -0.39 is 17.6 Å². The number of nitrogens with one attached hydrogen (secondary N) is 1. The van der Waals surface area contributed by atoms with Crippen LogP contribution in [-0.4, -0.2) is 36.4 Å². The molecular weight excluding hydrogens is 379 g/mol. The van der Waals surface area contributed by atoms with E-state index >= 15 is 0 Å². The molecule has 4 nitrogen and oxygen atoms in total. The fourth-order valence-corrected chi connectivity index (χ4v) is 3.31. The molecule has 0 bridgehead atoms. The predicted molar refractivity (Wildman–Crippen MR) is 107 cm³/mol. The zero-order valence-corrected chi connectivity index (χ0v) is 16.2. The number of alkyl halides is 3. The lowest BCUT2D eigenvalue weighted by Crippen LogP contribution is -2.18. The number of halogens is 3. The Morgan fingerprint density at radius 3 is 2.24 bits per heavy atom. The molecule has 0 aliphatic rings. The first-order valence-electron chi connectivity index (χ1n) is 9.11. The molecule has 29 heavy (non-hydrogen) atoms. The molecule has 3 aromatic rings. The van der Waals surface area contributed by atoms with E-state index in [0.717, 1.165) is 17.7 Å². The molecule has 0 aliphatic heterocycles. The number of aromatic nitrogens is 1. The van der Waals surface area contributed by atoms with Crippen molar-refractivity contribution in [1.82, 2.24) is 9.88 Å². The van der Waals surface area contributed by atoms with Gasteiger partial charge in [-0.05, 0) is 49.3 Å². The van der Waals surface area contributed by atoms with Crippen molar-refractivity contribution in [2.45, 2.75) is 12.6 Å². The van der Waals surface area contributed by atoms with Crippen LogP contribution in [0.25, 0.3) is 22.5 Å². The van der Waals surface area contributed by atoms with Crippen molar-refractivity contribution < 1.29 is 18.0 Å². The fraction of sp³-hybridized carbons (Fsp3) is 0.227. The second kappa shape index (κ2) is 8.13. The summed E-state index contributed by atoms with van der Waals surface area (Å²) in [7, 11) is 3.78. The molecule has 0 spiro atoms. The van der Waals surface area contributed by atoms with Crippen molar-refractivity contribution >= 4 is 5.91 Å². The van der Waals surface area contributed by atoms with Crippen molar-refractivity contribution in [3.05, 3.63) is 71.3 Å². The maximum atomic E-state index is 13.2. The maximum Gasteiger partial charge on any atom is 0.416 e. The molecule has 0 radical (unpaired) electrons. The van der Waals surface area contributed by atoms with E-state index in [-0.39, 0.29) is 0 Å². The van der Waals surface area contributed by atoms with Gasteiger partial charge in [0.15, 0.2) is 0 Å². The van der Waals surface area contributed by atoms with E-state index in [1.165, 1.54) is 6.07 Å². The highest BCUT2D eigenvalue weighted by Crippen LogP contribution is 2.37. The van der Waals surface area contributed by atoms with Crippen molar-refractivity contribution in [1.29, 1.82) is 0 Å². The highest BCUT2D eigenvalue weighted by molar-refractivity contribution is 6.03. The number of aromatic amines is 1. The highest BCUT2D eigenvalue weighted by Gasteiger charge is 2.31. The summed E-state index contributed by atoms with van der Waals surface area (Å²) in [5, 5.41) is 0. The molecule has 1 aromatic heterocycles. The van der Waals surface area contributed by atoms with Crippen molar-refractivity contribution in [3.8, 4) is 22.5 Å². The second-order valence-electron chi connectivity index (χ2n) is 7.09. The van der Waals surface area contributed by atoms with Crippen molar-refractivity contribution in [3.63, 3.8) is 0 Å². The quantitative estimate of drug-likeness (QED) is 0.636. The van der Waals surface area contributed by atoms with Gasteiger partial charge in [-0.1, -0.05) is 42.5 Å². The van der Waals surface area contributed by atoms with Crippen LogP contribution in [0.3, 0.4) is 0 Å². The Morgan fingerprint density at radius 1 is 1.00 bits per heavy atom. The van der Waals surface area contributed by atoms with Crippen LogP contribution in [0.4, 0.5) is 13.2 Å². The Bertz CT molecular complexity index is 1010. The van der Waals surface area contributed by atoms with Gasteiger partial charge in [0.2, 0.25) is 0 Å². The number of amides is 1. The lowest BCUT2D eigenvalue weighted by molar-refractivity contribution is -0.137. The van der Waals surface area contributed by atoms with Crippen LogP contribution in [0.2, 0.25) is 0 Å². The molecule has 7 heteroatoms. The van der Waals surface area contributed by atoms with E-state index in [1.54, 1.807) is 6.07 Å². The van der Waals surface area contributed by atoms with Gasteiger partial charge >= 0.3 is 6.18 Å². The van der Waals surface area contributed by atoms with Gasteiger partial charge in [-0.2, -0.15) is 13.2 Å². The molecule has 1 amide bonds. The molecule has 0 saturated heterocycles. The molecule has 0 saturated carbocycles. The standard InChI is InChI=1S/C22H22F3N3O/c1-28(2)12-11-17-18(21(26)29)20(14-7-4-3-5-8-14)27-19(17)15-9-6-10-16(13-15)22(23,24)25/h3-10,13,27H,11-12H2,1-2H3,(H2,26,29). The number of rotatable bonds is 6. The number of nitrogens with zero attached hydrogens (tertiary/aromatic N) is 1. The Morgan fingerprint density at radius 2 is 1.66 bits per heavy atom. The Hall–Kier alpha value is -3.06. The zero-order chi connectivity index (χ0) is 21.2. The first-order chi connectivity index (χ1) is 13.7. The maximum absolute atomic E-state index is 13.2. The molecule has 0 unspecified atom stereocenters. The molecule has 0 fully saturated rings. The van der Waals surface area contributed by atoms with Crippen molar-refractivity contribution in [2.24, 2.45) is 5.73 Å². The van der Waals surface area contributed by atoms with Crippen LogP contribution in [0.1, 0.15) is 21.5 Å². The van der Waals surface area contributed by atoms with Gasteiger partial charge in [0.05, 0.1) is 16.8 Å². The number of benzene rings is 2. The predicted octanol–water partition coefficient (Wildman–Crippen LogP) is 4.57. The first-order valence-corrected chi connectivity index (χ1v) is 9.11. The smallest absolute Gasteiger partial charge is 0.366 e. The van der Waals surface area contributed by atoms with Gasteiger partial charge < -0.3 is 15.6 Å². The topological polar surface area (TPSA) is 62.1 Å². The number of carbonyl (C=O) groups is 1. The number of hydrogen-bond donors (Lipinski definition) is 2. The Kier molecular flexibility index (Phi) is 5.79. The van der Waals surface area contributed by atoms with E-state index in [0.29, 0.717) is 41.0 Å². The summed E-state index contributed by atoms with van der Waals surface area (Å²) in [6.45, 7) is 0.609. The van der Waals surface area contributed by atoms with Crippen LogP contribution in [0.5, 0.6) is 0 Å². The number of H-pyrrole nitrogens is 1. The fourth-order valence-electron chi connectivity index (χ4n) is 3.31.